The minimum Gasteiger partial charge on any atom is -0.373 e. The Morgan fingerprint density at radius 3 is 2.76 bits per heavy atom. The van der Waals surface area contributed by atoms with Crippen molar-refractivity contribution in [2.45, 2.75) is 25.7 Å². The lowest BCUT2D eigenvalue weighted by atomic mass is 10.1. The molecule has 1 saturated carbocycles. The average Bonchev–Trinajstić information content (AvgIpc) is 3.05. The van der Waals surface area contributed by atoms with Gasteiger partial charge in [-0.15, -0.1) is 0 Å². The molecule has 0 spiro atoms. The van der Waals surface area contributed by atoms with E-state index in [-0.39, 0.29) is 0 Å². The van der Waals surface area contributed by atoms with Crippen molar-refractivity contribution in [1.29, 1.82) is 0 Å². The van der Waals surface area contributed by atoms with Gasteiger partial charge in [0.15, 0.2) is 0 Å². The molecular formula is C13H15N3S. The van der Waals surface area contributed by atoms with E-state index in [2.05, 4.69) is 34.1 Å². The summed E-state index contributed by atoms with van der Waals surface area (Å²) < 4.78 is 0. The Kier molecular flexibility index (Phi) is 2.59. The number of hydrogen-bond acceptors (Lipinski definition) is 4. The summed E-state index contributed by atoms with van der Waals surface area (Å²) in [5.74, 6) is 2.55. The average molecular weight is 245 g/mol. The smallest absolute Gasteiger partial charge is 0.134 e. The van der Waals surface area contributed by atoms with Crippen LogP contribution in [0.15, 0.2) is 16.8 Å². The van der Waals surface area contributed by atoms with Crippen LogP contribution in [-0.4, -0.2) is 17.0 Å². The van der Waals surface area contributed by atoms with Crippen molar-refractivity contribution in [3.8, 4) is 11.3 Å². The summed E-state index contributed by atoms with van der Waals surface area (Å²) in [5, 5.41) is 7.41. The van der Waals surface area contributed by atoms with Crippen LogP contribution in [0, 0.1) is 6.92 Å². The molecule has 2 heterocycles. The summed E-state index contributed by atoms with van der Waals surface area (Å²) in [7, 11) is 1.92. The Morgan fingerprint density at radius 2 is 2.18 bits per heavy atom. The fourth-order valence-electron chi connectivity index (χ4n) is 1.98. The van der Waals surface area contributed by atoms with Crippen LogP contribution in [0.25, 0.3) is 11.3 Å². The third kappa shape index (κ3) is 1.93. The Bertz CT molecular complexity index is 530. The van der Waals surface area contributed by atoms with Gasteiger partial charge in [-0.05, 0) is 31.2 Å². The summed E-state index contributed by atoms with van der Waals surface area (Å²) in [6, 6.07) is 2.12. The van der Waals surface area contributed by atoms with Crippen molar-refractivity contribution < 1.29 is 0 Å². The molecule has 1 aliphatic rings. The second-order valence-electron chi connectivity index (χ2n) is 4.44. The van der Waals surface area contributed by atoms with Gasteiger partial charge in [0.25, 0.3) is 0 Å². The molecule has 2 aromatic heterocycles. The first kappa shape index (κ1) is 10.7. The largest absolute Gasteiger partial charge is 0.373 e. The van der Waals surface area contributed by atoms with Crippen LogP contribution < -0.4 is 5.32 Å². The van der Waals surface area contributed by atoms with E-state index in [9.17, 15) is 0 Å². The van der Waals surface area contributed by atoms with Crippen LogP contribution in [0.4, 0.5) is 5.82 Å². The molecule has 0 aromatic carbocycles. The number of nitrogens with zero attached hydrogens (tertiary/aromatic N) is 2. The lowest BCUT2D eigenvalue weighted by Gasteiger charge is -2.11. The van der Waals surface area contributed by atoms with E-state index >= 15 is 0 Å². The quantitative estimate of drug-likeness (QED) is 0.900. The van der Waals surface area contributed by atoms with Crippen molar-refractivity contribution in [2.24, 2.45) is 0 Å². The van der Waals surface area contributed by atoms with E-state index < -0.39 is 0 Å². The van der Waals surface area contributed by atoms with E-state index in [1.165, 1.54) is 18.4 Å². The molecule has 4 heteroatoms. The summed E-state index contributed by atoms with van der Waals surface area (Å²) in [5.41, 5.74) is 3.41. The fraction of sp³-hybridized carbons (Fsp3) is 0.385. The first-order valence-corrected chi connectivity index (χ1v) is 6.82. The van der Waals surface area contributed by atoms with Gasteiger partial charge < -0.3 is 5.32 Å². The van der Waals surface area contributed by atoms with Gasteiger partial charge in [-0.1, -0.05) is 0 Å². The summed E-state index contributed by atoms with van der Waals surface area (Å²) >= 11 is 1.71. The highest BCUT2D eigenvalue weighted by Gasteiger charge is 2.28. The molecule has 0 amide bonds. The molecule has 0 aliphatic heterocycles. The third-order valence-corrected chi connectivity index (χ3v) is 3.82. The minimum atomic E-state index is 0.583. The number of thiophene rings is 1. The first-order chi connectivity index (χ1) is 8.29. The maximum atomic E-state index is 4.74. The Labute approximate surface area is 105 Å². The molecule has 17 heavy (non-hydrogen) atoms. The van der Waals surface area contributed by atoms with Crippen molar-refractivity contribution in [3.05, 3.63) is 28.2 Å². The van der Waals surface area contributed by atoms with E-state index in [1.54, 1.807) is 11.3 Å². The van der Waals surface area contributed by atoms with Gasteiger partial charge in [0.1, 0.15) is 11.6 Å². The monoisotopic (exact) mass is 245 g/mol. The summed E-state index contributed by atoms with van der Waals surface area (Å²) in [6.07, 6.45) is 2.46. The molecule has 0 atom stereocenters. The highest BCUT2D eigenvalue weighted by molar-refractivity contribution is 7.08. The van der Waals surface area contributed by atoms with Crippen LogP contribution in [0.5, 0.6) is 0 Å². The zero-order chi connectivity index (χ0) is 11.8. The van der Waals surface area contributed by atoms with Crippen molar-refractivity contribution >= 4 is 17.2 Å². The summed E-state index contributed by atoms with van der Waals surface area (Å²) in [6.45, 7) is 2.08. The number of rotatable bonds is 3. The van der Waals surface area contributed by atoms with Gasteiger partial charge in [-0.25, -0.2) is 9.97 Å². The van der Waals surface area contributed by atoms with Crippen LogP contribution in [0.3, 0.4) is 0 Å². The van der Waals surface area contributed by atoms with Gasteiger partial charge in [0.2, 0.25) is 0 Å². The molecule has 2 aromatic rings. The van der Waals surface area contributed by atoms with E-state index in [0.29, 0.717) is 5.92 Å². The molecule has 1 aliphatic carbocycles. The molecule has 3 rings (SSSR count). The van der Waals surface area contributed by atoms with Crippen LogP contribution in [0.2, 0.25) is 0 Å². The summed E-state index contributed by atoms with van der Waals surface area (Å²) in [4.78, 5) is 9.35. The molecule has 88 valence electrons. The molecule has 1 fully saturated rings. The number of hydrogen-bond donors (Lipinski definition) is 1. The molecule has 0 unspecified atom stereocenters. The third-order valence-electron chi connectivity index (χ3n) is 3.14. The number of anilines is 1. The fourth-order valence-corrected chi connectivity index (χ4v) is 2.62. The van der Waals surface area contributed by atoms with Crippen molar-refractivity contribution in [2.75, 3.05) is 12.4 Å². The van der Waals surface area contributed by atoms with Crippen LogP contribution in [-0.2, 0) is 0 Å². The van der Waals surface area contributed by atoms with E-state index in [4.69, 9.17) is 4.98 Å². The Hall–Kier alpha value is -1.42. The molecular weight excluding hydrogens is 230 g/mol. The predicted octanol–water partition coefficient (Wildman–Crippen LogP) is 3.43. The van der Waals surface area contributed by atoms with Gasteiger partial charge in [-0.2, -0.15) is 11.3 Å². The maximum absolute atomic E-state index is 4.74. The molecule has 3 nitrogen and oxygen atoms in total. The normalized spacial score (nSPS) is 14.9. The zero-order valence-corrected chi connectivity index (χ0v) is 10.8. The molecule has 0 radical (unpaired) electrons. The van der Waals surface area contributed by atoms with Crippen LogP contribution in [0.1, 0.15) is 30.1 Å². The molecule has 0 saturated heterocycles. The SMILES string of the molecule is CNc1nc(C2CC2)nc(-c2ccsc2)c1C. The first-order valence-electron chi connectivity index (χ1n) is 5.88. The predicted molar refractivity (Wildman–Crippen MR) is 71.6 cm³/mol. The molecule has 1 N–H and O–H groups in total. The highest BCUT2D eigenvalue weighted by atomic mass is 32.1. The van der Waals surface area contributed by atoms with Gasteiger partial charge >= 0.3 is 0 Å². The zero-order valence-electron chi connectivity index (χ0n) is 10.0. The molecule has 0 bridgehead atoms. The minimum absolute atomic E-state index is 0.583. The Balaban J connectivity index is 2.15. The highest BCUT2D eigenvalue weighted by Crippen LogP contribution is 2.40. The maximum Gasteiger partial charge on any atom is 0.134 e. The Morgan fingerprint density at radius 1 is 1.35 bits per heavy atom. The van der Waals surface area contributed by atoms with Crippen molar-refractivity contribution in [1.82, 2.24) is 9.97 Å². The van der Waals surface area contributed by atoms with E-state index in [0.717, 1.165) is 22.9 Å². The lowest BCUT2D eigenvalue weighted by molar-refractivity contribution is 0.924. The van der Waals surface area contributed by atoms with Gasteiger partial charge in [0, 0.05) is 29.5 Å². The van der Waals surface area contributed by atoms with Gasteiger partial charge in [-0.3, -0.25) is 0 Å². The second kappa shape index (κ2) is 4.11. The number of aromatic nitrogens is 2. The topological polar surface area (TPSA) is 37.8 Å². The standard InChI is InChI=1S/C13H15N3S/c1-8-11(10-5-6-17-7-10)15-13(9-3-4-9)16-12(8)14-2/h5-7,9H,3-4H2,1-2H3,(H,14,15,16). The van der Waals surface area contributed by atoms with E-state index in [1.807, 2.05) is 7.05 Å². The van der Waals surface area contributed by atoms with Crippen molar-refractivity contribution in [3.63, 3.8) is 0 Å². The lowest BCUT2D eigenvalue weighted by Crippen LogP contribution is -2.04. The number of nitrogens with one attached hydrogen (secondary N) is 1. The van der Waals surface area contributed by atoms with Gasteiger partial charge in [0.05, 0.1) is 5.69 Å². The second-order valence-corrected chi connectivity index (χ2v) is 5.22. The van der Waals surface area contributed by atoms with Crippen LogP contribution >= 0.6 is 11.3 Å².